The number of carbonyl (C=O) groups excluding carboxylic acids is 1. The highest BCUT2D eigenvalue weighted by molar-refractivity contribution is 6.36. The van der Waals surface area contributed by atoms with Crippen molar-refractivity contribution in [1.29, 1.82) is 0 Å². The van der Waals surface area contributed by atoms with Crippen molar-refractivity contribution in [2.45, 2.75) is 24.9 Å². The molecule has 1 saturated heterocycles. The highest BCUT2D eigenvalue weighted by Crippen LogP contribution is 2.30. The molecule has 1 aliphatic heterocycles. The molecule has 0 amide bonds. The van der Waals surface area contributed by atoms with Crippen LogP contribution in [0.25, 0.3) is 11.3 Å². The normalized spacial score (nSPS) is 17.8. The molecule has 0 radical (unpaired) electrons. The first-order chi connectivity index (χ1) is 15.9. The Labute approximate surface area is 199 Å². The highest BCUT2D eigenvalue weighted by atomic mass is 35.5. The van der Waals surface area contributed by atoms with Gasteiger partial charge in [0.25, 0.3) is 0 Å². The molecule has 2 aromatic heterocycles. The smallest absolute Gasteiger partial charge is 0.322 e. The first-order valence-corrected chi connectivity index (χ1v) is 11.0. The van der Waals surface area contributed by atoms with Gasteiger partial charge in [-0.05, 0) is 36.2 Å². The van der Waals surface area contributed by atoms with Crippen molar-refractivity contribution in [3.05, 3.63) is 58.1 Å². The van der Waals surface area contributed by atoms with Crippen LogP contribution < -0.4 is 15.8 Å². The third-order valence-electron chi connectivity index (χ3n) is 5.50. The quantitative estimate of drug-likeness (QED) is 0.382. The van der Waals surface area contributed by atoms with E-state index in [2.05, 4.69) is 15.4 Å². The Morgan fingerprint density at radius 3 is 2.97 bits per heavy atom. The Morgan fingerprint density at radius 1 is 1.36 bits per heavy atom. The van der Waals surface area contributed by atoms with Gasteiger partial charge in [-0.25, -0.2) is 9.37 Å². The molecule has 174 valence electrons. The van der Waals surface area contributed by atoms with Crippen LogP contribution in [0.4, 0.5) is 10.2 Å². The van der Waals surface area contributed by atoms with E-state index in [4.69, 9.17) is 38.4 Å². The number of hydrogen-bond donors (Lipinski definition) is 2. The number of nitrogens with two attached hydrogens (primary N) is 1. The Kier molecular flexibility index (Phi) is 7.02. The van der Waals surface area contributed by atoms with Gasteiger partial charge < -0.3 is 20.5 Å². The van der Waals surface area contributed by atoms with Gasteiger partial charge in [-0.3, -0.25) is 9.48 Å². The van der Waals surface area contributed by atoms with Crippen LogP contribution in [0.5, 0.6) is 5.75 Å². The van der Waals surface area contributed by atoms with Crippen molar-refractivity contribution in [1.82, 2.24) is 20.1 Å². The molecule has 8 nitrogen and oxygen atoms in total. The maximum absolute atomic E-state index is 13.7. The summed E-state index contributed by atoms with van der Waals surface area (Å²) in [4.78, 5) is 15.9. The summed E-state index contributed by atoms with van der Waals surface area (Å²) in [5, 5.41) is 8.11. The standard InChI is InChI=1S/C22H22Cl2FN5O3/c1-32-22(31)18-9-13(11-27-18)30-6-4-17(29-30)12-8-19(21(26)28-10-12)33-7-5-14-15(23)2-3-16(25)20(14)24/h2-4,6,8,10,13,18,27H,5,7,9,11H2,1H3,(H2,26,28). The van der Waals surface area contributed by atoms with E-state index in [1.807, 2.05) is 16.9 Å². The van der Waals surface area contributed by atoms with E-state index in [-0.39, 0.29) is 35.5 Å². The molecule has 0 bridgehead atoms. The molecular weight excluding hydrogens is 472 g/mol. The predicted octanol–water partition coefficient (Wildman–Crippen LogP) is 3.67. The Balaban J connectivity index is 1.44. The van der Waals surface area contributed by atoms with E-state index in [0.29, 0.717) is 41.4 Å². The second-order valence-corrected chi connectivity index (χ2v) is 8.37. The van der Waals surface area contributed by atoms with E-state index in [1.54, 1.807) is 12.3 Å². The lowest BCUT2D eigenvalue weighted by Crippen LogP contribution is -2.31. The average molecular weight is 494 g/mol. The van der Waals surface area contributed by atoms with Crippen LogP contribution in [0.15, 0.2) is 36.7 Å². The molecule has 33 heavy (non-hydrogen) atoms. The van der Waals surface area contributed by atoms with Gasteiger partial charge in [-0.1, -0.05) is 23.2 Å². The average Bonchev–Trinajstić information content (AvgIpc) is 3.49. The zero-order valence-corrected chi connectivity index (χ0v) is 19.2. The molecule has 3 heterocycles. The molecule has 0 aliphatic carbocycles. The van der Waals surface area contributed by atoms with Crippen LogP contribution in [0.3, 0.4) is 0 Å². The van der Waals surface area contributed by atoms with Gasteiger partial charge in [0, 0.05) is 35.9 Å². The molecule has 2 atom stereocenters. The van der Waals surface area contributed by atoms with Crippen LogP contribution in [0.2, 0.25) is 10.0 Å². The minimum Gasteiger partial charge on any atom is -0.489 e. The third kappa shape index (κ3) is 5.05. The number of ether oxygens (including phenoxy) is 2. The minimum atomic E-state index is -0.537. The van der Waals surface area contributed by atoms with E-state index in [9.17, 15) is 9.18 Å². The number of carbonyl (C=O) groups is 1. The number of esters is 1. The van der Waals surface area contributed by atoms with Crippen molar-refractivity contribution in [2.75, 3.05) is 26.0 Å². The highest BCUT2D eigenvalue weighted by Gasteiger charge is 2.31. The lowest BCUT2D eigenvalue weighted by Gasteiger charge is -2.12. The van der Waals surface area contributed by atoms with E-state index >= 15 is 0 Å². The van der Waals surface area contributed by atoms with Gasteiger partial charge in [0.2, 0.25) is 0 Å². The Hall–Kier alpha value is -2.88. The molecule has 1 aromatic carbocycles. The first kappa shape index (κ1) is 23.3. The van der Waals surface area contributed by atoms with Gasteiger partial charge >= 0.3 is 5.97 Å². The van der Waals surface area contributed by atoms with Crippen molar-refractivity contribution in [3.8, 4) is 17.0 Å². The number of aromatic nitrogens is 3. The zero-order valence-electron chi connectivity index (χ0n) is 17.7. The minimum absolute atomic E-state index is 0.0210. The summed E-state index contributed by atoms with van der Waals surface area (Å²) >= 11 is 12.1. The fourth-order valence-electron chi connectivity index (χ4n) is 3.71. The van der Waals surface area contributed by atoms with Crippen LogP contribution in [0, 0.1) is 5.82 Å². The van der Waals surface area contributed by atoms with E-state index in [0.717, 1.165) is 5.56 Å². The van der Waals surface area contributed by atoms with Crippen LogP contribution in [-0.2, 0) is 16.0 Å². The first-order valence-electron chi connectivity index (χ1n) is 10.2. The molecule has 3 N–H and O–H groups in total. The Bertz CT molecular complexity index is 1170. The monoisotopic (exact) mass is 493 g/mol. The van der Waals surface area contributed by atoms with Crippen LogP contribution in [0.1, 0.15) is 18.0 Å². The fourth-order valence-corrected chi connectivity index (χ4v) is 4.27. The van der Waals surface area contributed by atoms with Crippen molar-refractivity contribution in [2.24, 2.45) is 0 Å². The summed E-state index contributed by atoms with van der Waals surface area (Å²) in [6.45, 7) is 0.787. The Morgan fingerprint density at radius 2 is 2.18 bits per heavy atom. The number of nitrogen functional groups attached to an aromatic ring is 1. The number of anilines is 1. The number of halogens is 3. The summed E-state index contributed by atoms with van der Waals surface area (Å²) in [5.41, 5.74) is 7.84. The number of methoxy groups -OCH3 is 1. The topological polar surface area (TPSA) is 104 Å². The molecule has 1 fully saturated rings. The second-order valence-electron chi connectivity index (χ2n) is 7.58. The van der Waals surface area contributed by atoms with Gasteiger partial charge in [0.05, 0.1) is 30.5 Å². The molecule has 2 unspecified atom stereocenters. The summed E-state index contributed by atoms with van der Waals surface area (Å²) in [7, 11) is 1.37. The summed E-state index contributed by atoms with van der Waals surface area (Å²) in [6, 6.07) is 5.96. The van der Waals surface area contributed by atoms with E-state index in [1.165, 1.54) is 19.2 Å². The fraction of sp³-hybridized carbons (Fsp3) is 0.318. The number of pyridine rings is 1. The maximum Gasteiger partial charge on any atom is 0.322 e. The van der Waals surface area contributed by atoms with Gasteiger partial charge in [0.15, 0.2) is 11.6 Å². The summed E-state index contributed by atoms with van der Waals surface area (Å²) < 4.78 is 26.1. The van der Waals surface area contributed by atoms with Crippen molar-refractivity contribution >= 4 is 35.0 Å². The lowest BCUT2D eigenvalue weighted by atomic mass is 10.1. The number of nitrogens with one attached hydrogen (secondary N) is 1. The maximum atomic E-state index is 13.7. The van der Waals surface area contributed by atoms with Crippen molar-refractivity contribution in [3.63, 3.8) is 0 Å². The SMILES string of the molecule is COC(=O)C1CC(n2ccc(-c3cnc(N)c(OCCc4c(Cl)ccc(F)c4Cl)c3)n2)CN1. The van der Waals surface area contributed by atoms with E-state index < -0.39 is 5.82 Å². The largest absolute Gasteiger partial charge is 0.489 e. The van der Waals surface area contributed by atoms with Gasteiger partial charge in [0.1, 0.15) is 11.9 Å². The van der Waals surface area contributed by atoms with Crippen LogP contribution >= 0.6 is 23.2 Å². The molecular formula is C22H22Cl2FN5O3. The predicted molar refractivity (Wildman–Crippen MR) is 123 cm³/mol. The molecule has 1 aliphatic rings. The zero-order chi connectivity index (χ0) is 23.5. The third-order valence-corrected chi connectivity index (χ3v) is 6.26. The number of nitrogens with zero attached hydrogens (tertiary/aromatic N) is 3. The molecule has 0 saturated carbocycles. The molecule has 11 heteroatoms. The van der Waals surface area contributed by atoms with Gasteiger partial charge in [-0.2, -0.15) is 5.10 Å². The second kappa shape index (κ2) is 9.94. The summed E-state index contributed by atoms with van der Waals surface area (Å²) in [5.74, 6) is -0.227. The lowest BCUT2D eigenvalue weighted by molar-refractivity contribution is -0.142. The molecule has 0 spiro atoms. The number of benzene rings is 1. The molecule has 3 aromatic rings. The molecule has 4 rings (SSSR count). The van der Waals surface area contributed by atoms with Crippen molar-refractivity contribution < 1.29 is 18.7 Å². The summed E-state index contributed by atoms with van der Waals surface area (Å²) in [6.07, 6.45) is 4.35. The number of hydrogen-bond acceptors (Lipinski definition) is 7. The van der Waals surface area contributed by atoms with Gasteiger partial charge in [-0.15, -0.1) is 0 Å². The van der Waals surface area contributed by atoms with Crippen LogP contribution in [-0.4, -0.2) is 47.0 Å². The number of rotatable bonds is 7.